The first-order chi connectivity index (χ1) is 8.04. The second-order valence-electron chi connectivity index (χ2n) is 4.84. The smallest absolute Gasteiger partial charge is 0.224 e. The van der Waals surface area contributed by atoms with Gasteiger partial charge in [-0.1, -0.05) is 0 Å². The van der Waals surface area contributed by atoms with Crippen LogP contribution in [0.3, 0.4) is 0 Å². The molecular weight excluding hydrogens is 216 g/mol. The number of carbonyl (C=O) groups excluding carboxylic acids is 1. The Balaban J connectivity index is 2.28. The first-order valence-corrected chi connectivity index (χ1v) is 6.13. The van der Waals surface area contributed by atoms with Crippen molar-refractivity contribution in [3.63, 3.8) is 0 Å². The highest BCUT2D eigenvalue weighted by Gasteiger charge is 2.38. The number of aromatic nitrogens is 2. The van der Waals surface area contributed by atoms with E-state index in [0.717, 1.165) is 5.56 Å². The fourth-order valence-electron chi connectivity index (χ4n) is 2.40. The van der Waals surface area contributed by atoms with Crippen LogP contribution in [0.4, 0.5) is 0 Å². The Morgan fingerprint density at radius 2 is 2.29 bits per heavy atom. The van der Waals surface area contributed by atoms with Crippen LogP contribution in [0.15, 0.2) is 12.4 Å². The van der Waals surface area contributed by atoms with Gasteiger partial charge >= 0.3 is 0 Å². The maximum Gasteiger partial charge on any atom is 0.224 e. The molecule has 0 saturated carbocycles. The van der Waals surface area contributed by atoms with Crippen LogP contribution in [0, 0.1) is 0 Å². The minimum atomic E-state index is -0.118. The second kappa shape index (κ2) is 4.49. The SMILES string of the molecule is CCN1C(=O)C[C@H](N)[C@H]1c1cnn(C(C)C)c1. The quantitative estimate of drug-likeness (QED) is 0.854. The van der Waals surface area contributed by atoms with Crippen LogP contribution in [-0.4, -0.2) is 33.2 Å². The summed E-state index contributed by atoms with van der Waals surface area (Å²) in [5.74, 6) is 0.141. The Hall–Kier alpha value is -1.36. The van der Waals surface area contributed by atoms with Gasteiger partial charge in [0.1, 0.15) is 0 Å². The number of amides is 1. The molecule has 5 nitrogen and oxygen atoms in total. The van der Waals surface area contributed by atoms with Crippen molar-refractivity contribution in [3.8, 4) is 0 Å². The van der Waals surface area contributed by atoms with Gasteiger partial charge in [-0.15, -0.1) is 0 Å². The minimum Gasteiger partial charge on any atom is -0.334 e. The molecule has 1 aliphatic heterocycles. The summed E-state index contributed by atoms with van der Waals surface area (Å²) >= 11 is 0. The zero-order valence-electron chi connectivity index (χ0n) is 10.6. The fraction of sp³-hybridized carbons (Fsp3) is 0.667. The monoisotopic (exact) mass is 236 g/mol. The molecule has 0 radical (unpaired) electrons. The zero-order valence-corrected chi connectivity index (χ0v) is 10.6. The summed E-state index contributed by atoms with van der Waals surface area (Å²) in [6.45, 7) is 6.84. The van der Waals surface area contributed by atoms with Gasteiger partial charge in [-0.2, -0.15) is 5.10 Å². The molecule has 0 bridgehead atoms. The van der Waals surface area contributed by atoms with Gasteiger partial charge in [-0.25, -0.2) is 0 Å². The molecule has 2 atom stereocenters. The van der Waals surface area contributed by atoms with Crippen LogP contribution in [0.2, 0.25) is 0 Å². The van der Waals surface area contributed by atoms with E-state index in [1.807, 2.05) is 28.9 Å². The third-order valence-corrected chi connectivity index (χ3v) is 3.30. The van der Waals surface area contributed by atoms with E-state index in [1.165, 1.54) is 0 Å². The third kappa shape index (κ3) is 2.07. The lowest BCUT2D eigenvalue weighted by Crippen LogP contribution is -2.32. The Morgan fingerprint density at radius 3 is 2.82 bits per heavy atom. The van der Waals surface area contributed by atoms with E-state index in [4.69, 9.17) is 5.73 Å². The summed E-state index contributed by atoms with van der Waals surface area (Å²) in [5.41, 5.74) is 7.09. The summed E-state index contributed by atoms with van der Waals surface area (Å²) in [6.07, 6.45) is 4.26. The average Bonchev–Trinajstić information content (AvgIpc) is 2.82. The van der Waals surface area contributed by atoms with Crippen molar-refractivity contribution >= 4 is 5.91 Å². The van der Waals surface area contributed by atoms with E-state index in [2.05, 4.69) is 18.9 Å². The molecule has 1 saturated heterocycles. The number of carbonyl (C=O) groups is 1. The number of rotatable bonds is 3. The largest absolute Gasteiger partial charge is 0.334 e. The lowest BCUT2D eigenvalue weighted by molar-refractivity contribution is -0.128. The lowest BCUT2D eigenvalue weighted by Gasteiger charge is -2.24. The summed E-state index contributed by atoms with van der Waals surface area (Å²) in [5, 5.41) is 4.31. The number of nitrogens with zero attached hydrogens (tertiary/aromatic N) is 3. The van der Waals surface area contributed by atoms with Crippen LogP contribution in [0.1, 0.15) is 44.8 Å². The standard InChI is InChI=1S/C12H20N4O/c1-4-15-11(17)5-10(13)12(15)9-6-14-16(7-9)8(2)3/h6-8,10,12H,4-5,13H2,1-3H3/t10-,12+/m0/s1. The van der Waals surface area contributed by atoms with Gasteiger partial charge in [0.15, 0.2) is 0 Å². The van der Waals surface area contributed by atoms with Gasteiger partial charge in [0.05, 0.1) is 12.2 Å². The molecule has 0 unspecified atom stereocenters. The van der Waals surface area contributed by atoms with Gasteiger partial charge in [-0.05, 0) is 20.8 Å². The van der Waals surface area contributed by atoms with E-state index < -0.39 is 0 Å². The first-order valence-electron chi connectivity index (χ1n) is 6.13. The molecule has 1 amide bonds. The molecule has 5 heteroatoms. The number of hydrogen-bond acceptors (Lipinski definition) is 3. The molecule has 1 fully saturated rings. The van der Waals surface area contributed by atoms with Crippen LogP contribution in [-0.2, 0) is 4.79 Å². The molecule has 0 spiro atoms. The van der Waals surface area contributed by atoms with Gasteiger partial charge in [0, 0.05) is 36.8 Å². The maximum absolute atomic E-state index is 11.8. The first kappa shape index (κ1) is 12.1. The molecule has 1 aromatic rings. The average molecular weight is 236 g/mol. The second-order valence-corrected chi connectivity index (χ2v) is 4.84. The van der Waals surface area contributed by atoms with Crippen molar-refractivity contribution in [3.05, 3.63) is 18.0 Å². The van der Waals surface area contributed by atoms with Crippen molar-refractivity contribution in [2.75, 3.05) is 6.54 Å². The molecule has 2 N–H and O–H groups in total. The molecule has 1 aliphatic rings. The Bertz CT molecular complexity index is 412. The number of likely N-dealkylation sites (N-methyl/N-ethyl adjacent to an activating group) is 1. The van der Waals surface area contributed by atoms with Gasteiger partial charge in [0.2, 0.25) is 5.91 Å². The molecule has 0 aliphatic carbocycles. The topological polar surface area (TPSA) is 64.2 Å². The van der Waals surface area contributed by atoms with Crippen molar-refractivity contribution in [1.82, 2.24) is 14.7 Å². The van der Waals surface area contributed by atoms with Gasteiger partial charge in [-0.3, -0.25) is 9.48 Å². The van der Waals surface area contributed by atoms with Crippen molar-refractivity contribution < 1.29 is 4.79 Å². The van der Waals surface area contributed by atoms with Crippen LogP contribution < -0.4 is 5.73 Å². The summed E-state index contributed by atoms with van der Waals surface area (Å²) in [6, 6.07) is 0.194. The summed E-state index contributed by atoms with van der Waals surface area (Å²) in [7, 11) is 0. The van der Waals surface area contributed by atoms with E-state index in [9.17, 15) is 4.79 Å². The van der Waals surface area contributed by atoms with E-state index in [1.54, 1.807) is 0 Å². The van der Waals surface area contributed by atoms with Gasteiger partial charge < -0.3 is 10.6 Å². The third-order valence-electron chi connectivity index (χ3n) is 3.30. The maximum atomic E-state index is 11.8. The number of nitrogens with two attached hydrogens (primary N) is 1. The normalized spacial score (nSPS) is 25.0. The number of hydrogen-bond donors (Lipinski definition) is 1. The van der Waals surface area contributed by atoms with Crippen molar-refractivity contribution in [2.45, 2.75) is 45.3 Å². The Labute approximate surface area is 102 Å². The molecule has 2 heterocycles. The molecular formula is C12H20N4O. The highest BCUT2D eigenvalue weighted by molar-refractivity contribution is 5.80. The highest BCUT2D eigenvalue weighted by atomic mass is 16.2. The van der Waals surface area contributed by atoms with Crippen molar-refractivity contribution in [2.24, 2.45) is 5.73 Å². The van der Waals surface area contributed by atoms with Crippen molar-refractivity contribution in [1.29, 1.82) is 0 Å². The van der Waals surface area contributed by atoms with E-state index >= 15 is 0 Å². The molecule has 17 heavy (non-hydrogen) atoms. The van der Waals surface area contributed by atoms with E-state index in [0.29, 0.717) is 19.0 Å². The molecule has 2 rings (SSSR count). The lowest BCUT2D eigenvalue weighted by atomic mass is 10.0. The van der Waals surface area contributed by atoms with Crippen LogP contribution in [0.25, 0.3) is 0 Å². The Morgan fingerprint density at radius 1 is 1.59 bits per heavy atom. The zero-order chi connectivity index (χ0) is 12.6. The predicted octanol–water partition coefficient (Wildman–Crippen LogP) is 1.08. The highest BCUT2D eigenvalue weighted by Crippen LogP contribution is 2.31. The molecule has 1 aromatic heterocycles. The van der Waals surface area contributed by atoms with E-state index in [-0.39, 0.29) is 18.0 Å². The Kier molecular flexibility index (Phi) is 3.19. The van der Waals surface area contributed by atoms with Gasteiger partial charge in [0.25, 0.3) is 0 Å². The summed E-state index contributed by atoms with van der Waals surface area (Å²) in [4.78, 5) is 13.6. The number of likely N-dealkylation sites (tertiary alicyclic amines) is 1. The van der Waals surface area contributed by atoms with Crippen LogP contribution in [0.5, 0.6) is 0 Å². The predicted molar refractivity (Wildman–Crippen MR) is 65.3 cm³/mol. The fourth-order valence-corrected chi connectivity index (χ4v) is 2.40. The molecule has 0 aromatic carbocycles. The minimum absolute atomic E-state index is 0.0139. The molecule has 94 valence electrons. The van der Waals surface area contributed by atoms with Crippen LogP contribution >= 0.6 is 0 Å². The summed E-state index contributed by atoms with van der Waals surface area (Å²) < 4.78 is 1.90.